The van der Waals surface area contributed by atoms with Crippen LogP contribution < -0.4 is 20.9 Å². The van der Waals surface area contributed by atoms with E-state index >= 15 is 0 Å². The Bertz CT molecular complexity index is 994. The molecular formula is C28H32N2O4S. The minimum atomic E-state index is -0.791. The van der Waals surface area contributed by atoms with Crippen molar-refractivity contribution in [1.82, 2.24) is 0 Å². The lowest BCUT2D eigenvalue weighted by atomic mass is 10.1. The average molecular weight is 493 g/mol. The summed E-state index contributed by atoms with van der Waals surface area (Å²) in [6.07, 6.45) is 5.67. The molecule has 0 aliphatic heterocycles. The molecule has 2 aromatic rings. The van der Waals surface area contributed by atoms with Gasteiger partial charge in [0, 0.05) is 12.8 Å². The van der Waals surface area contributed by atoms with Gasteiger partial charge < -0.3 is 20.9 Å². The van der Waals surface area contributed by atoms with Crippen LogP contribution in [0.4, 0.5) is 9.59 Å². The third-order valence-corrected chi connectivity index (χ3v) is 5.66. The molecule has 0 bridgehead atoms. The van der Waals surface area contributed by atoms with Crippen LogP contribution in [0, 0.1) is 23.7 Å². The molecule has 0 heterocycles. The number of hydrogen-bond acceptors (Lipinski definition) is 5. The molecule has 0 spiro atoms. The Morgan fingerprint density at radius 2 is 1.09 bits per heavy atom. The maximum atomic E-state index is 11.0. The van der Waals surface area contributed by atoms with Gasteiger partial charge in [-0.05, 0) is 61.8 Å². The van der Waals surface area contributed by atoms with Gasteiger partial charge in [-0.25, -0.2) is 9.59 Å². The molecule has 35 heavy (non-hydrogen) atoms. The first-order valence-corrected chi connectivity index (χ1v) is 12.8. The van der Waals surface area contributed by atoms with E-state index in [1.165, 1.54) is 0 Å². The van der Waals surface area contributed by atoms with Crippen molar-refractivity contribution < 1.29 is 19.1 Å². The molecule has 0 atom stereocenters. The molecule has 4 N–H and O–H groups in total. The first kappa shape index (κ1) is 27.7. The van der Waals surface area contributed by atoms with Crippen LogP contribution in [-0.4, -0.2) is 23.7 Å². The molecule has 2 aromatic carbocycles. The zero-order valence-electron chi connectivity index (χ0n) is 19.9. The van der Waals surface area contributed by atoms with Crippen LogP contribution in [0.15, 0.2) is 48.5 Å². The molecule has 7 heteroatoms. The van der Waals surface area contributed by atoms with Crippen LogP contribution >= 0.6 is 11.8 Å². The van der Waals surface area contributed by atoms with Crippen molar-refractivity contribution in [3.8, 4) is 35.2 Å². The van der Waals surface area contributed by atoms with Gasteiger partial charge in [0.05, 0.1) is 11.5 Å². The summed E-state index contributed by atoms with van der Waals surface area (Å²) in [6.45, 7) is 0. The zero-order chi connectivity index (χ0) is 25.1. The van der Waals surface area contributed by atoms with Gasteiger partial charge in [-0.15, -0.1) is 23.6 Å². The Morgan fingerprint density at radius 3 is 1.51 bits per heavy atom. The quantitative estimate of drug-likeness (QED) is 0.302. The Kier molecular flexibility index (Phi) is 13.4. The highest BCUT2D eigenvalue weighted by Gasteiger charge is 2.06. The lowest BCUT2D eigenvalue weighted by molar-refractivity contribution is 0.209. The van der Waals surface area contributed by atoms with Gasteiger partial charge >= 0.3 is 12.2 Å². The van der Waals surface area contributed by atoms with Crippen molar-refractivity contribution in [1.29, 1.82) is 0 Å². The van der Waals surface area contributed by atoms with Crippen LogP contribution in [0.25, 0.3) is 0 Å². The number of unbranched alkanes of at least 4 members (excludes halogenated alkanes) is 4. The van der Waals surface area contributed by atoms with Gasteiger partial charge in [0.2, 0.25) is 0 Å². The van der Waals surface area contributed by atoms with E-state index in [4.69, 9.17) is 20.9 Å². The number of thioether (sulfide) groups is 1. The largest absolute Gasteiger partial charge is 0.410 e. The zero-order valence-corrected chi connectivity index (χ0v) is 20.7. The number of para-hydroxylation sites is 2. The van der Waals surface area contributed by atoms with Crippen LogP contribution in [0.2, 0.25) is 0 Å². The van der Waals surface area contributed by atoms with Crippen molar-refractivity contribution in [3.05, 3.63) is 59.7 Å². The van der Waals surface area contributed by atoms with Gasteiger partial charge in [-0.3, -0.25) is 0 Å². The number of primary amides is 2. The molecule has 2 amide bonds. The SMILES string of the molecule is NC(=O)Oc1ccccc1CCCCC#CCSCC#CCCCCc1ccccc1OC(N)=O. The molecule has 184 valence electrons. The minimum Gasteiger partial charge on any atom is -0.410 e. The third kappa shape index (κ3) is 12.5. The van der Waals surface area contributed by atoms with E-state index in [0.29, 0.717) is 11.5 Å². The van der Waals surface area contributed by atoms with E-state index in [1.807, 2.05) is 36.4 Å². The molecule has 2 rings (SSSR count). The molecule has 0 aliphatic carbocycles. The summed E-state index contributed by atoms with van der Waals surface area (Å²) in [5, 5.41) is 0. The number of aryl methyl sites for hydroxylation is 2. The number of nitrogens with two attached hydrogens (primary N) is 2. The number of ether oxygens (including phenoxy) is 2. The molecule has 0 aliphatic rings. The molecule has 0 radical (unpaired) electrons. The van der Waals surface area contributed by atoms with Crippen molar-refractivity contribution in [2.45, 2.75) is 51.4 Å². The smallest absolute Gasteiger partial charge is 0.409 e. The predicted octanol–water partition coefficient (Wildman–Crippen LogP) is 5.47. The summed E-state index contributed by atoms with van der Waals surface area (Å²) < 4.78 is 10.1. The number of carbonyl (C=O) groups is 2. The van der Waals surface area contributed by atoms with E-state index in [9.17, 15) is 9.59 Å². The van der Waals surface area contributed by atoms with Gasteiger partial charge in [0.15, 0.2) is 0 Å². The molecular weight excluding hydrogens is 460 g/mol. The second kappa shape index (κ2) is 17.0. The average Bonchev–Trinajstić information content (AvgIpc) is 2.83. The number of hydrogen-bond donors (Lipinski definition) is 2. The van der Waals surface area contributed by atoms with Crippen LogP contribution in [0.5, 0.6) is 11.5 Å². The van der Waals surface area contributed by atoms with Crippen LogP contribution in [-0.2, 0) is 12.8 Å². The standard InChI is InChI=1S/C28H32N2O4S/c29-27(31)33-25-19-11-9-17-23(25)15-7-3-1-5-13-21-35-22-14-6-2-4-8-16-24-18-10-12-20-26(24)34-28(30)32/h9-12,17-20H,1-4,7-8,15-16,21-22H2,(H2,29,31)(H2,30,32). The molecule has 0 saturated heterocycles. The predicted molar refractivity (Wildman–Crippen MR) is 141 cm³/mol. The maximum absolute atomic E-state index is 11.0. The topological polar surface area (TPSA) is 105 Å². The lowest BCUT2D eigenvalue weighted by Gasteiger charge is -2.07. The second-order valence-electron chi connectivity index (χ2n) is 7.67. The first-order valence-electron chi connectivity index (χ1n) is 11.7. The molecule has 0 fully saturated rings. The van der Waals surface area contributed by atoms with Gasteiger partial charge in [-0.1, -0.05) is 48.2 Å². The first-order chi connectivity index (χ1) is 17.1. The lowest BCUT2D eigenvalue weighted by Crippen LogP contribution is -2.17. The summed E-state index contributed by atoms with van der Waals surface area (Å²) >= 11 is 1.72. The fourth-order valence-electron chi connectivity index (χ4n) is 3.33. The highest BCUT2D eigenvalue weighted by molar-refractivity contribution is 7.99. The van der Waals surface area contributed by atoms with Crippen molar-refractivity contribution in [2.75, 3.05) is 11.5 Å². The minimum absolute atomic E-state index is 0.531. The van der Waals surface area contributed by atoms with E-state index in [-0.39, 0.29) is 0 Å². The summed E-state index contributed by atoms with van der Waals surface area (Å²) in [7, 11) is 0. The summed E-state index contributed by atoms with van der Waals surface area (Å²) in [4.78, 5) is 21.9. The summed E-state index contributed by atoms with van der Waals surface area (Å²) in [5.74, 6) is 15.4. The molecule has 0 unspecified atom stereocenters. The summed E-state index contributed by atoms with van der Waals surface area (Å²) in [6, 6.07) is 14.9. The monoisotopic (exact) mass is 492 g/mol. The van der Waals surface area contributed by atoms with E-state index in [1.54, 1.807) is 23.9 Å². The van der Waals surface area contributed by atoms with Crippen molar-refractivity contribution in [2.24, 2.45) is 11.5 Å². The van der Waals surface area contributed by atoms with Crippen molar-refractivity contribution >= 4 is 23.9 Å². The Balaban J connectivity index is 1.50. The van der Waals surface area contributed by atoms with Gasteiger partial charge in [0.1, 0.15) is 11.5 Å². The van der Waals surface area contributed by atoms with Crippen molar-refractivity contribution in [3.63, 3.8) is 0 Å². The number of rotatable bonds is 12. The number of carbonyl (C=O) groups excluding carboxylic acids is 2. The third-order valence-electron chi connectivity index (χ3n) is 4.96. The summed E-state index contributed by atoms with van der Waals surface area (Å²) in [5.41, 5.74) is 12.2. The fraction of sp³-hybridized carbons (Fsp3) is 0.357. The van der Waals surface area contributed by atoms with E-state index in [2.05, 4.69) is 23.7 Å². The fourth-order valence-corrected chi connectivity index (χ4v) is 3.84. The van der Waals surface area contributed by atoms with E-state index in [0.717, 1.165) is 74.0 Å². The molecule has 0 saturated carbocycles. The Labute approximate surface area is 212 Å². The highest BCUT2D eigenvalue weighted by atomic mass is 32.2. The molecule has 6 nitrogen and oxygen atoms in total. The number of benzene rings is 2. The van der Waals surface area contributed by atoms with Crippen LogP contribution in [0.3, 0.4) is 0 Å². The Hall–Kier alpha value is -3.55. The highest BCUT2D eigenvalue weighted by Crippen LogP contribution is 2.21. The van der Waals surface area contributed by atoms with Gasteiger partial charge in [0.25, 0.3) is 0 Å². The number of amides is 2. The van der Waals surface area contributed by atoms with Gasteiger partial charge in [-0.2, -0.15) is 0 Å². The van der Waals surface area contributed by atoms with Crippen LogP contribution in [0.1, 0.15) is 49.7 Å². The van der Waals surface area contributed by atoms with E-state index < -0.39 is 12.2 Å². The maximum Gasteiger partial charge on any atom is 0.409 e. The Morgan fingerprint density at radius 1 is 0.657 bits per heavy atom. The molecule has 0 aromatic heterocycles. The normalized spacial score (nSPS) is 9.83. The second-order valence-corrected chi connectivity index (χ2v) is 8.66.